The summed E-state index contributed by atoms with van der Waals surface area (Å²) in [5, 5.41) is 0.413. The van der Waals surface area contributed by atoms with E-state index in [9.17, 15) is 4.39 Å². The zero-order valence-electron chi connectivity index (χ0n) is 17.8. The summed E-state index contributed by atoms with van der Waals surface area (Å²) >= 11 is 6.45. The molecule has 0 aliphatic carbocycles. The summed E-state index contributed by atoms with van der Waals surface area (Å²) in [5.41, 5.74) is 3.63. The third-order valence-electron chi connectivity index (χ3n) is 5.14. The number of methoxy groups -OCH3 is 1. The quantitative estimate of drug-likeness (QED) is 0.432. The highest BCUT2D eigenvalue weighted by Gasteiger charge is 2.13. The molecule has 0 saturated carbocycles. The minimum absolute atomic E-state index is 0.249. The number of hydrogen-bond acceptors (Lipinski definition) is 5. The van der Waals surface area contributed by atoms with Crippen LogP contribution in [0.1, 0.15) is 11.1 Å². The molecule has 7 heteroatoms. The topological polar surface area (TPSA) is 43.3 Å². The highest BCUT2D eigenvalue weighted by atomic mass is 35.5. The lowest BCUT2D eigenvalue weighted by molar-refractivity contribution is 0.122. The number of nitrogens with zero attached hydrogens (tertiary/aromatic N) is 2. The largest absolute Gasteiger partial charge is 0.493 e. The Balaban J connectivity index is 1.44. The molecule has 1 fully saturated rings. The maximum absolute atomic E-state index is 13.1. The van der Waals surface area contributed by atoms with Crippen LogP contribution in [0.5, 0.6) is 11.5 Å². The summed E-state index contributed by atoms with van der Waals surface area (Å²) in [5.74, 6) is 0.651. The molecule has 0 bridgehead atoms. The van der Waals surface area contributed by atoms with E-state index in [1.165, 1.54) is 17.8 Å². The minimum Gasteiger partial charge on any atom is -0.493 e. The minimum atomic E-state index is -0.288. The van der Waals surface area contributed by atoms with E-state index in [2.05, 4.69) is 22.0 Å². The number of anilines is 1. The van der Waals surface area contributed by atoms with Crippen LogP contribution in [0.25, 0.3) is 0 Å². The summed E-state index contributed by atoms with van der Waals surface area (Å²) in [7, 11) is 1.56. The molecule has 32 heavy (non-hydrogen) atoms. The molecule has 0 spiro atoms. The van der Waals surface area contributed by atoms with Gasteiger partial charge in [0.05, 0.1) is 31.0 Å². The lowest BCUT2D eigenvalue weighted by atomic mass is 10.2. The Morgan fingerprint density at radius 1 is 1.06 bits per heavy atom. The number of ether oxygens (including phenoxy) is 3. The number of benzene rings is 3. The molecular formula is C25H24ClFN2O3. The first-order chi connectivity index (χ1) is 15.6. The fraction of sp³-hybridized carbons (Fsp3) is 0.240. The van der Waals surface area contributed by atoms with Gasteiger partial charge in [0.15, 0.2) is 11.5 Å². The van der Waals surface area contributed by atoms with Gasteiger partial charge in [0.25, 0.3) is 0 Å². The van der Waals surface area contributed by atoms with Gasteiger partial charge >= 0.3 is 0 Å². The van der Waals surface area contributed by atoms with E-state index in [0.717, 1.165) is 43.1 Å². The second kappa shape index (κ2) is 10.5. The van der Waals surface area contributed by atoms with Crippen molar-refractivity contribution in [2.24, 2.45) is 4.99 Å². The van der Waals surface area contributed by atoms with Crippen LogP contribution < -0.4 is 14.4 Å². The lowest BCUT2D eigenvalue weighted by Crippen LogP contribution is -2.36. The highest BCUT2D eigenvalue weighted by molar-refractivity contribution is 6.32. The van der Waals surface area contributed by atoms with Crippen molar-refractivity contribution >= 4 is 29.2 Å². The van der Waals surface area contributed by atoms with E-state index in [4.69, 9.17) is 25.8 Å². The van der Waals surface area contributed by atoms with Crippen molar-refractivity contribution in [1.82, 2.24) is 0 Å². The predicted octanol–water partition coefficient (Wildman–Crippen LogP) is 5.65. The zero-order chi connectivity index (χ0) is 22.3. The molecule has 0 amide bonds. The summed E-state index contributed by atoms with van der Waals surface area (Å²) in [6, 6.07) is 17.8. The highest BCUT2D eigenvalue weighted by Crippen LogP contribution is 2.36. The number of aliphatic imine (C=N–C) groups is 1. The standard InChI is InChI=1S/C25H24ClFN2O3/c1-30-24-15-19(14-23(26)25(24)32-17-18-2-4-20(27)5-3-18)16-28-21-6-8-22(9-7-21)29-10-12-31-13-11-29/h2-9,14-16H,10-13,17H2,1H3. The molecule has 0 N–H and O–H groups in total. The SMILES string of the molecule is COc1cc(C=Nc2ccc(N3CCOCC3)cc2)cc(Cl)c1OCc1ccc(F)cc1. The second-order valence-electron chi connectivity index (χ2n) is 7.32. The molecule has 1 aliphatic rings. The maximum Gasteiger partial charge on any atom is 0.180 e. The fourth-order valence-electron chi connectivity index (χ4n) is 3.41. The van der Waals surface area contributed by atoms with Crippen LogP contribution in [0, 0.1) is 5.82 Å². The number of halogens is 2. The van der Waals surface area contributed by atoms with Gasteiger partial charge in [-0.1, -0.05) is 23.7 Å². The van der Waals surface area contributed by atoms with Gasteiger partial charge in [-0.2, -0.15) is 0 Å². The molecule has 1 saturated heterocycles. The summed E-state index contributed by atoms with van der Waals surface area (Å²) in [4.78, 5) is 6.85. The zero-order valence-corrected chi connectivity index (χ0v) is 18.5. The third-order valence-corrected chi connectivity index (χ3v) is 5.42. The molecule has 0 aromatic heterocycles. The Labute approximate surface area is 192 Å². The van der Waals surface area contributed by atoms with E-state index in [0.29, 0.717) is 16.5 Å². The van der Waals surface area contributed by atoms with E-state index in [-0.39, 0.29) is 12.4 Å². The first-order valence-electron chi connectivity index (χ1n) is 10.3. The normalized spacial score (nSPS) is 14.0. The fourth-order valence-corrected chi connectivity index (χ4v) is 3.68. The maximum atomic E-state index is 13.1. The van der Waals surface area contributed by atoms with Crippen LogP contribution in [-0.2, 0) is 11.3 Å². The molecule has 0 radical (unpaired) electrons. The van der Waals surface area contributed by atoms with Gasteiger partial charge in [0, 0.05) is 25.0 Å². The molecule has 3 aromatic rings. The number of rotatable bonds is 7. The molecule has 4 rings (SSSR count). The Bertz CT molecular complexity index is 1070. The van der Waals surface area contributed by atoms with Gasteiger partial charge in [0.1, 0.15) is 12.4 Å². The van der Waals surface area contributed by atoms with Gasteiger partial charge in [0.2, 0.25) is 0 Å². The first kappa shape index (κ1) is 22.1. The smallest absolute Gasteiger partial charge is 0.180 e. The van der Waals surface area contributed by atoms with Crippen molar-refractivity contribution in [3.8, 4) is 11.5 Å². The average molecular weight is 455 g/mol. The van der Waals surface area contributed by atoms with Gasteiger partial charge in [-0.25, -0.2) is 4.39 Å². The van der Waals surface area contributed by atoms with Crippen LogP contribution in [0.4, 0.5) is 15.8 Å². The molecule has 0 atom stereocenters. The van der Waals surface area contributed by atoms with Crippen molar-refractivity contribution < 1.29 is 18.6 Å². The number of morpholine rings is 1. The summed E-state index contributed by atoms with van der Waals surface area (Å²) in [6.45, 7) is 3.56. The molecular weight excluding hydrogens is 431 g/mol. The Hall–Kier alpha value is -3.09. The summed E-state index contributed by atoms with van der Waals surface area (Å²) in [6.07, 6.45) is 1.74. The molecule has 1 heterocycles. The van der Waals surface area contributed by atoms with Crippen LogP contribution in [0.3, 0.4) is 0 Å². The van der Waals surface area contributed by atoms with Crippen molar-refractivity contribution in [2.75, 3.05) is 38.3 Å². The Morgan fingerprint density at radius 2 is 1.78 bits per heavy atom. The molecule has 1 aliphatic heterocycles. The lowest BCUT2D eigenvalue weighted by Gasteiger charge is -2.28. The second-order valence-corrected chi connectivity index (χ2v) is 7.73. The predicted molar refractivity (Wildman–Crippen MR) is 125 cm³/mol. The van der Waals surface area contributed by atoms with Crippen molar-refractivity contribution in [2.45, 2.75) is 6.61 Å². The van der Waals surface area contributed by atoms with Gasteiger partial charge in [-0.05, 0) is 59.7 Å². The average Bonchev–Trinajstić information content (AvgIpc) is 2.83. The monoisotopic (exact) mass is 454 g/mol. The van der Waals surface area contributed by atoms with Crippen molar-refractivity contribution in [3.63, 3.8) is 0 Å². The van der Waals surface area contributed by atoms with Crippen molar-refractivity contribution in [3.05, 3.63) is 82.6 Å². The first-order valence-corrected chi connectivity index (χ1v) is 10.7. The van der Waals surface area contributed by atoms with Gasteiger partial charge in [-0.3, -0.25) is 4.99 Å². The van der Waals surface area contributed by atoms with Crippen LogP contribution >= 0.6 is 11.6 Å². The van der Waals surface area contributed by atoms with Gasteiger partial charge in [-0.15, -0.1) is 0 Å². The molecule has 3 aromatic carbocycles. The van der Waals surface area contributed by atoms with E-state index in [1.807, 2.05) is 18.2 Å². The molecule has 5 nitrogen and oxygen atoms in total. The Kier molecular flexibility index (Phi) is 7.24. The van der Waals surface area contributed by atoms with Crippen LogP contribution in [0.15, 0.2) is 65.7 Å². The molecule has 0 unspecified atom stereocenters. The van der Waals surface area contributed by atoms with E-state index < -0.39 is 0 Å². The van der Waals surface area contributed by atoms with Crippen LogP contribution in [-0.4, -0.2) is 39.6 Å². The summed E-state index contributed by atoms with van der Waals surface area (Å²) < 4.78 is 29.8. The van der Waals surface area contributed by atoms with Gasteiger partial charge < -0.3 is 19.1 Å². The van der Waals surface area contributed by atoms with Crippen LogP contribution in [0.2, 0.25) is 5.02 Å². The molecule has 166 valence electrons. The van der Waals surface area contributed by atoms with E-state index >= 15 is 0 Å². The number of hydrogen-bond donors (Lipinski definition) is 0. The van der Waals surface area contributed by atoms with Crippen molar-refractivity contribution in [1.29, 1.82) is 0 Å². The third kappa shape index (κ3) is 5.58. The van der Waals surface area contributed by atoms with E-state index in [1.54, 1.807) is 31.5 Å². The Morgan fingerprint density at radius 3 is 2.47 bits per heavy atom.